The summed E-state index contributed by atoms with van der Waals surface area (Å²) in [6.45, 7) is 1.22. The summed E-state index contributed by atoms with van der Waals surface area (Å²) in [5.74, 6) is -0.440. The lowest BCUT2D eigenvalue weighted by atomic mass is 9.95. The van der Waals surface area contributed by atoms with Gasteiger partial charge >= 0.3 is 0 Å². The standard InChI is InChI=1S/C27H23NO5/c29-25(20-11-12-21-22(17-20)33-16-15-32-21)23-24(19-9-5-2-6-10-19)28(27(31)26(23)30)14-13-18-7-3-1-4-8-18/h1-12,17,24,29H,13-16H2/b25-23+/t24-/m0/s1. The summed E-state index contributed by atoms with van der Waals surface area (Å²) in [7, 11) is 0. The van der Waals surface area contributed by atoms with E-state index in [1.165, 1.54) is 0 Å². The molecular weight excluding hydrogens is 418 g/mol. The number of likely N-dealkylation sites (tertiary alicyclic amines) is 1. The van der Waals surface area contributed by atoms with Crippen LogP contribution >= 0.6 is 0 Å². The van der Waals surface area contributed by atoms with Crippen LogP contribution in [0, 0.1) is 0 Å². The quantitative estimate of drug-likeness (QED) is 0.366. The van der Waals surface area contributed by atoms with Crippen molar-refractivity contribution in [2.24, 2.45) is 0 Å². The maximum Gasteiger partial charge on any atom is 0.295 e. The van der Waals surface area contributed by atoms with Crippen LogP contribution in [0.3, 0.4) is 0 Å². The highest BCUT2D eigenvalue weighted by atomic mass is 16.6. The van der Waals surface area contributed by atoms with E-state index in [2.05, 4.69) is 0 Å². The van der Waals surface area contributed by atoms with Crippen molar-refractivity contribution < 1.29 is 24.2 Å². The predicted molar refractivity (Wildman–Crippen MR) is 123 cm³/mol. The van der Waals surface area contributed by atoms with Gasteiger partial charge in [-0.15, -0.1) is 0 Å². The number of hydrogen-bond acceptors (Lipinski definition) is 5. The van der Waals surface area contributed by atoms with Crippen molar-refractivity contribution in [1.29, 1.82) is 0 Å². The fourth-order valence-corrected chi connectivity index (χ4v) is 4.33. The zero-order valence-electron chi connectivity index (χ0n) is 17.9. The van der Waals surface area contributed by atoms with Crippen molar-refractivity contribution in [3.63, 3.8) is 0 Å². The third-order valence-corrected chi connectivity index (χ3v) is 5.96. The van der Waals surface area contributed by atoms with Crippen LogP contribution < -0.4 is 9.47 Å². The van der Waals surface area contributed by atoms with Gasteiger partial charge in [0.2, 0.25) is 0 Å². The Labute approximate surface area is 191 Å². The second-order valence-corrected chi connectivity index (χ2v) is 8.00. The van der Waals surface area contributed by atoms with E-state index in [0.717, 1.165) is 11.1 Å². The van der Waals surface area contributed by atoms with Gasteiger partial charge in [-0.05, 0) is 35.7 Å². The van der Waals surface area contributed by atoms with Crippen molar-refractivity contribution in [2.45, 2.75) is 12.5 Å². The van der Waals surface area contributed by atoms with Gasteiger partial charge in [0.15, 0.2) is 11.5 Å². The SMILES string of the molecule is O=C1C(=O)N(CCc2ccccc2)[C@@H](c2ccccc2)/C1=C(\O)c1ccc2c(c1)OCCO2. The van der Waals surface area contributed by atoms with E-state index in [9.17, 15) is 14.7 Å². The van der Waals surface area contributed by atoms with Crippen LogP contribution in [0.2, 0.25) is 0 Å². The van der Waals surface area contributed by atoms with Gasteiger partial charge < -0.3 is 19.5 Å². The van der Waals surface area contributed by atoms with Crippen molar-refractivity contribution >= 4 is 17.4 Å². The molecule has 2 aliphatic rings. The van der Waals surface area contributed by atoms with E-state index in [0.29, 0.717) is 43.2 Å². The van der Waals surface area contributed by atoms with Crippen LogP contribution in [0.15, 0.2) is 84.4 Å². The molecule has 0 bridgehead atoms. The molecule has 0 aliphatic carbocycles. The summed E-state index contributed by atoms with van der Waals surface area (Å²) < 4.78 is 11.2. The van der Waals surface area contributed by atoms with Crippen LogP contribution in [0.1, 0.15) is 22.7 Å². The van der Waals surface area contributed by atoms with Gasteiger partial charge in [0, 0.05) is 12.1 Å². The Hall–Kier alpha value is -4.06. The van der Waals surface area contributed by atoms with Crippen LogP contribution in [0.5, 0.6) is 11.5 Å². The first-order chi connectivity index (χ1) is 16.1. The molecule has 1 fully saturated rings. The number of hydrogen-bond donors (Lipinski definition) is 1. The molecule has 2 aliphatic heterocycles. The largest absolute Gasteiger partial charge is 0.507 e. The van der Waals surface area contributed by atoms with E-state index < -0.39 is 17.7 Å². The van der Waals surface area contributed by atoms with Crippen LogP contribution in [0.4, 0.5) is 0 Å². The third kappa shape index (κ3) is 3.96. The zero-order chi connectivity index (χ0) is 22.8. The minimum Gasteiger partial charge on any atom is -0.507 e. The van der Waals surface area contributed by atoms with Crippen molar-refractivity contribution in [1.82, 2.24) is 4.90 Å². The van der Waals surface area contributed by atoms with E-state index in [1.807, 2.05) is 60.7 Å². The topological polar surface area (TPSA) is 76.1 Å². The number of amides is 1. The number of ether oxygens (including phenoxy) is 2. The molecule has 1 N–H and O–H groups in total. The predicted octanol–water partition coefficient (Wildman–Crippen LogP) is 4.12. The molecule has 33 heavy (non-hydrogen) atoms. The molecule has 1 saturated heterocycles. The molecule has 3 aromatic rings. The van der Waals surface area contributed by atoms with Crippen LogP contribution in [-0.4, -0.2) is 41.5 Å². The molecule has 0 aromatic heterocycles. The Balaban J connectivity index is 1.56. The first kappa shape index (κ1) is 20.8. The fourth-order valence-electron chi connectivity index (χ4n) is 4.33. The molecule has 1 amide bonds. The average molecular weight is 441 g/mol. The number of aliphatic hydroxyl groups is 1. The van der Waals surface area contributed by atoms with Gasteiger partial charge in [0.1, 0.15) is 19.0 Å². The number of rotatable bonds is 5. The Morgan fingerprint density at radius 3 is 2.27 bits per heavy atom. The maximum absolute atomic E-state index is 13.1. The Morgan fingerprint density at radius 1 is 0.879 bits per heavy atom. The molecule has 1 atom stereocenters. The number of benzene rings is 3. The van der Waals surface area contributed by atoms with Gasteiger partial charge in [-0.1, -0.05) is 60.7 Å². The summed E-state index contributed by atoms with van der Waals surface area (Å²) >= 11 is 0. The summed E-state index contributed by atoms with van der Waals surface area (Å²) in [4.78, 5) is 27.8. The Kier molecular flexibility index (Phi) is 5.57. The number of aliphatic hydroxyl groups excluding tert-OH is 1. The molecule has 2 heterocycles. The van der Waals surface area contributed by atoms with Crippen LogP contribution in [0.25, 0.3) is 5.76 Å². The van der Waals surface area contributed by atoms with E-state index >= 15 is 0 Å². The van der Waals surface area contributed by atoms with Crippen molar-refractivity contribution in [3.8, 4) is 11.5 Å². The maximum atomic E-state index is 13.1. The van der Waals surface area contributed by atoms with E-state index in [1.54, 1.807) is 23.1 Å². The van der Waals surface area contributed by atoms with E-state index in [4.69, 9.17) is 9.47 Å². The van der Waals surface area contributed by atoms with Gasteiger partial charge in [0.05, 0.1) is 11.6 Å². The van der Waals surface area contributed by atoms with Gasteiger partial charge in [-0.25, -0.2) is 0 Å². The average Bonchev–Trinajstić information content (AvgIpc) is 3.12. The first-order valence-corrected chi connectivity index (χ1v) is 10.9. The molecule has 3 aromatic carbocycles. The number of ketones is 1. The lowest BCUT2D eigenvalue weighted by Gasteiger charge is -2.25. The normalized spacial score (nSPS) is 19.0. The molecule has 166 valence electrons. The molecular formula is C27H23NO5. The lowest BCUT2D eigenvalue weighted by molar-refractivity contribution is -0.139. The minimum atomic E-state index is -0.690. The first-order valence-electron chi connectivity index (χ1n) is 10.9. The van der Waals surface area contributed by atoms with Gasteiger partial charge in [-0.2, -0.15) is 0 Å². The molecule has 0 radical (unpaired) electrons. The summed E-state index contributed by atoms with van der Waals surface area (Å²) in [6.07, 6.45) is 0.598. The van der Waals surface area contributed by atoms with Gasteiger partial charge in [0.25, 0.3) is 11.7 Å². The summed E-state index contributed by atoms with van der Waals surface area (Å²) in [5.41, 5.74) is 2.32. The molecule has 0 unspecified atom stereocenters. The van der Waals surface area contributed by atoms with Gasteiger partial charge in [-0.3, -0.25) is 9.59 Å². The zero-order valence-corrected chi connectivity index (χ0v) is 17.9. The number of fused-ring (bicyclic) bond motifs is 1. The lowest BCUT2D eigenvalue weighted by Crippen LogP contribution is -2.31. The Morgan fingerprint density at radius 2 is 1.55 bits per heavy atom. The second-order valence-electron chi connectivity index (χ2n) is 8.00. The number of carbonyl (C=O) groups excluding carboxylic acids is 2. The minimum absolute atomic E-state index is 0.0796. The molecule has 0 saturated carbocycles. The highest BCUT2D eigenvalue weighted by Gasteiger charge is 2.45. The monoisotopic (exact) mass is 441 g/mol. The molecule has 5 rings (SSSR count). The highest BCUT2D eigenvalue weighted by molar-refractivity contribution is 6.46. The summed E-state index contributed by atoms with van der Waals surface area (Å²) in [5, 5.41) is 11.2. The van der Waals surface area contributed by atoms with Crippen molar-refractivity contribution in [2.75, 3.05) is 19.8 Å². The highest BCUT2D eigenvalue weighted by Crippen LogP contribution is 2.41. The Bertz CT molecular complexity index is 1220. The van der Waals surface area contributed by atoms with Crippen LogP contribution in [-0.2, 0) is 16.0 Å². The second kappa shape index (κ2) is 8.82. The summed E-state index contributed by atoms with van der Waals surface area (Å²) in [6, 6.07) is 23.5. The molecule has 0 spiro atoms. The smallest absolute Gasteiger partial charge is 0.295 e. The number of carbonyl (C=O) groups is 2. The third-order valence-electron chi connectivity index (χ3n) is 5.96. The van der Waals surface area contributed by atoms with E-state index in [-0.39, 0.29) is 11.3 Å². The number of Topliss-reactive ketones (excluding diaryl/α,β-unsaturated/α-hetero) is 1. The number of nitrogens with zero attached hydrogens (tertiary/aromatic N) is 1. The molecule has 6 nitrogen and oxygen atoms in total. The molecule has 6 heteroatoms. The van der Waals surface area contributed by atoms with Crippen molar-refractivity contribution in [3.05, 3.63) is 101 Å². The fraction of sp³-hybridized carbons (Fsp3) is 0.185.